The minimum atomic E-state index is -0.111. The van der Waals surface area contributed by atoms with E-state index < -0.39 is 0 Å². The van der Waals surface area contributed by atoms with Crippen molar-refractivity contribution in [3.8, 4) is 0 Å². The van der Waals surface area contributed by atoms with Gasteiger partial charge in [-0.05, 0) is 30.9 Å². The highest BCUT2D eigenvalue weighted by molar-refractivity contribution is 8.04. The summed E-state index contributed by atoms with van der Waals surface area (Å²) in [5.41, 5.74) is 0. The quantitative estimate of drug-likeness (QED) is 0.402. The highest BCUT2D eigenvalue weighted by atomic mass is 32.2. The van der Waals surface area contributed by atoms with Crippen molar-refractivity contribution in [1.29, 1.82) is 0 Å². The van der Waals surface area contributed by atoms with E-state index in [1.807, 2.05) is 38.1 Å². The Morgan fingerprint density at radius 1 is 1.10 bits per heavy atom. The van der Waals surface area contributed by atoms with Crippen LogP contribution in [0.25, 0.3) is 0 Å². The average molecular weight is 300 g/mol. The van der Waals surface area contributed by atoms with Crippen LogP contribution in [0.2, 0.25) is 0 Å². The van der Waals surface area contributed by atoms with Gasteiger partial charge in [-0.15, -0.1) is 0 Å². The lowest BCUT2D eigenvalue weighted by Gasteiger charge is -2.09. The van der Waals surface area contributed by atoms with Crippen LogP contribution in [0.3, 0.4) is 0 Å². The minimum Gasteiger partial charge on any atom is -0.0991 e. The molecule has 0 saturated heterocycles. The van der Waals surface area contributed by atoms with Crippen molar-refractivity contribution in [3.05, 3.63) is 90.3 Å². The molecule has 1 unspecified atom stereocenters. The molecule has 1 aromatic carbocycles. The third kappa shape index (κ3) is 6.50. The third-order valence-corrected chi connectivity index (χ3v) is 4.93. The minimum absolute atomic E-state index is 0.111. The van der Waals surface area contributed by atoms with Crippen LogP contribution in [0.5, 0.6) is 0 Å². The molecule has 0 aromatic heterocycles. The van der Waals surface area contributed by atoms with Crippen molar-refractivity contribution in [2.45, 2.75) is 32.1 Å². The van der Waals surface area contributed by atoms with Crippen LogP contribution in [-0.2, 0) is 10.9 Å². The average Bonchev–Trinajstić information content (AvgIpc) is 2.55. The summed E-state index contributed by atoms with van der Waals surface area (Å²) in [4.78, 5) is 3.73. The van der Waals surface area contributed by atoms with Crippen molar-refractivity contribution in [2.75, 3.05) is 0 Å². The Morgan fingerprint density at radius 3 is 2.19 bits per heavy atom. The fraction of sp³-hybridized carbons (Fsp3) is 0.200. The molecule has 0 amide bonds. The zero-order chi connectivity index (χ0) is 16.1. The lowest BCUT2D eigenvalue weighted by molar-refractivity contribution is 1.19. The van der Waals surface area contributed by atoms with E-state index in [9.17, 15) is 0 Å². The summed E-state index contributed by atoms with van der Waals surface area (Å²) in [6, 6.07) is 10.5. The van der Waals surface area contributed by atoms with Crippen molar-refractivity contribution < 1.29 is 0 Å². The maximum atomic E-state index is 4.22. The third-order valence-electron chi connectivity index (χ3n) is 2.57. The van der Waals surface area contributed by atoms with Crippen LogP contribution in [0.4, 0.5) is 0 Å². The molecule has 0 saturated carbocycles. The van der Waals surface area contributed by atoms with Gasteiger partial charge in [0.15, 0.2) is 9.80 Å². The van der Waals surface area contributed by atoms with Gasteiger partial charge in [0.05, 0.1) is 10.9 Å². The smallest absolute Gasteiger partial charge is 0.0991 e. The molecule has 0 fully saturated rings. The maximum absolute atomic E-state index is 4.22. The zero-order valence-electron chi connectivity index (χ0n) is 13.5. The number of hydrogen-bond donors (Lipinski definition) is 0. The van der Waals surface area contributed by atoms with E-state index in [1.165, 1.54) is 9.80 Å². The first-order valence-electron chi connectivity index (χ1n) is 7.33. The summed E-state index contributed by atoms with van der Waals surface area (Å²) in [7, 11) is -0.111. The topological polar surface area (TPSA) is 0 Å². The van der Waals surface area contributed by atoms with Crippen LogP contribution < -0.4 is 0 Å². The molecule has 1 aromatic rings. The number of benzene rings is 1. The van der Waals surface area contributed by atoms with E-state index in [0.29, 0.717) is 0 Å². The van der Waals surface area contributed by atoms with Gasteiger partial charge in [-0.2, -0.15) is 0 Å². The Morgan fingerprint density at radius 2 is 1.71 bits per heavy atom. The molecule has 112 valence electrons. The van der Waals surface area contributed by atoms with Crippen LogP contribution in [0, 0.1) is 0 Å². The van der Waals surface area contributed by atoms with Gasteiger partial charge in [-0.25, -0.2) is 0 Å². The molecule has 0 aliphatic carbocycles. The van der Waals surface area contributed by atoms with E-state index in [-0.39, 0.29) is 10.9 Å². The van der Waals surface area contributed by atoms with Gasteiger partial charge in [0.2, 0.25) is 0 Å². The second-order valence-corrected chi connectivity index (χ2v) is 6.04. The molecule has 1 rings (SSSR count). The fourth-order valence-electron chi connectivity index (χ4n) is 1.73. The van der Waals surface area contributed by atoms with Crippen molar-refractivity contribution in [2.24, 2.45) is 0 Å². The molecular weight excluding hydrogens is 272 g/mol. The molecule has 0 nitrogen and oxygen atoms in total. The Hall–Kier alpha value is -1.73. The highest BCUT2D eigenvalue weighted by Gasteiger charge is 2.28. The maximum Gasteiger partial charge on any atom is 0.166 e. The molecule has 0 bridgehead atoms. The summed E-state index contributed by atoms with van der Waals surface area (Å²) in [5, 5.41) is 0. The SMILES string of the molecule is C=C/C=C\C(=C)[S+](/C(=C/C=C)CC)c1ccccc1.CC. The first-order chi connectivity index (χ1) is 10.2. The molecule has 0 radical (unpaired) electrons. The van der Waals surface area contributed by atoms with E-state index in [4.69, 9.17) is 0 Å². The Labute approximate surface area is 133 Å². The Balaban J connectivity index is 0.00000191. The molecule has 21 heavy (non-hydrogen) atoms. The second-order valence-electron chi connectivity index (χ2n) is 3.90. The number of allylic oxidation sites excluding steroid dienone is 6. The van der Waals surface area contributed by atoms with Gasteiger partial charge in [0, 0.05) is 6.42 Å². The summed E-state index contributed by atoms with van der Waals surface area (Å²) in [6.45, 7) is 17.9. The van der Waals surface area contributed by atoms with Gasteiger partial charge in [0.1, 0.15) is 4.91 Å². The summed E-state index contributed by atoms with van der Waals surface area (Å²) in [6.07, 6.45) is 10.7. The molecule has 1 atom stereocenters. The van der Waals surface area contributed by atoms with Crippen molar-refractivity contribution in [1.82, 2.24) is 0 Å². The molecule has 0 aliphatic rings. The molecular formula is C20H27S+. The van der Waals surface area contributed by atoms with Gasteiger partial charge < -0.3 is 0 Å². The van der Waals surface area contributed by atoms with Crippen molar-refractivity contribution in [3.63, 3.8) is 0 Å². The van der Waals surface area contributed by atoms with Gasteiger partial charge in [-0.3, -0.25) is 0 Å². The molecule has 1 heteroatoms. The first kappa shape index (κ1) is 19.3. The van der Waals surface area contributed by atoms with Crippen molar-refractivity contribution >= 4 is 10.9 Å². The summed E-state index contributed by atoms with van der Waals surface area (Å²) >= 11 is 0. The van der Waals surface area contributed by atoms with Gasteiger partial charge in [-0.1, -0.05) is 70.4 Å². The van der Waals surface area contributed by atoms with Crippen LogP contribution in [-0.4, -0.2) is 0 Å². The molecule has 0 spiro atoms. The predicted molar refractivity (Wildman–Crippen MR) is 100 cm³/mol. The van der Waals surface area contributed by atoms with Crippen LogP contribution in [0.1, 0.15) is 27.2 Å². The summed E-state index contributed by atoms with van der Waals surface area (Å²) < 4.78 is 0. The van der Waals surface area contributed by atoms with E-state index >= 15 is 0 Å². The zero-order valence-corrected chi connectivity index (χ0v) is 14.3. The second kappa shape index (κ2) is 12.0. The van der Waals surface area contributed by atoms with Crippen LogP contribution in [0.15, 0.2) is 95.2 Å². The number of rotatable bonds is 7. The highest BCUT2D eigenvalue weighted by Crippen LogP contribution is 2.30. The van der Waals surface area contributed by atoms with Gasteiger partial charge in [0.25, 0.3) is 0 Å². The Bertz CT molecular complexity index is 492. The normalized spacial score (nSPS) is 12.2. The number of hydrogen-bond acceptors (Lipinski definition) is 0. The van der Waals surface area contributed by atoms with E-state index in [1.54, 1.807) is 6.08 Å². The molecule has 0 aliphatic heterocycles. The first-order valence-corrected chi connectivity index (χ1v) is 8.56. The van der Waals surface area contributed by atoms with E-state index in [0.717, 1.165) is 11.3 Å². The fourth-order valence-corrected chi connectivity index (χ4v) is 3.84. The summed E-state index contributed by atoms with van der Waals surface area (Å²) in [5.74, 6) is 0. The molecule has 0 N–H and O–H groups in total. The standard InChI is InChI=1S/C18H21S.C2H6/c1-5-8-13-16(4)19(17(7-3)12-6-2)18-14-10-9-11-15-18;1-2/h5-6,8-15H,1-2,4,7H2,3H3;1-2H3/q+1;/b13-8-,17-12+;. The van der Waals surface area contributed by atoms with Crippen LogP contribution >= 0.6 is 0 Å². The van der Waals surface area contributed by atoms with Gasteiger partial charge >= 0.3 is 0 Å². The monoisotopic (exact) mass is 299 g/mol. The predicted octanol–water partition coefficient (Wildman–Crippen LogP) is 6.43. The largest absolute Gasteiger partial charge is 0.166 e. The lowest BCUT2D eigenvalue weighted by Crippen LogP contribution is -2.07. The Kier molecular flexibility index (Phi) is 11.1. The lowest BCUT2D eigenvalue weighted by atomic mass is 10.4. The van der Waals surface area contributed by atoms with E-state index in [2.05, 4.69) is 57.0 Å². The molecule has 0 heterocycles.